The molecule has 0 fully saturated rings. The summed E-state index contributed by atoms with van der Waals surface area (Å²) < 4.78 is 4.88. The molecule has 0 unspecified atom stereocenters. The Kier molecular flexibility index (Phi) is 12.3. The number of benzene rings is 2. The Morgan fingerprint density at radius 2 is 1.33 bits per heavy atom. The van der Waals surface area contributed by atoms with Crippen LogP contribution in [0.5, 0.6) is 0 Å². The number of carbonyl (C=O) groups excluding carboxylic acids is 1. The van der Waals surface area contributed by atoms with Crippen LogP contribution in [-0.2, 0) is 0 Å². The number of hydrogen-bond donors (Lipinski definition) is 1. The molecule has 5 nitrogen and oxygen atoms in total. The van der Waals surface area contributed by atoms with Crippen LogP contribution in [0, 0.1) is 0 Å². The molecule has 0 aliphatic heterocycles. The first-order valence-electron chi connectivity index (χ1n) is 8.89. The Morgan fingerprint density at radius 1 is 0.852 bits per heavy atom. The molecule has 0 aliphatic rings. The maximum Gasteiger partial charge on any atom is 0.341 e. The second kappa shape index (κ2) is 14.0. The minimum atomic E-state index is -1.04. The van der Waals surface area contributed by atoms with Crippen molar-refractivity contribution in [1.82, 2.24) is 5.16 Å². The highest BCUT2D eigenvalue weighted by Crippen LogP contribution is 2.22. The van der Waals surface area contributed by atoms with Gasteiger partial charge in [0.1, 0.15) is 5.56 Å². The van der Waals surface area contributed by atoms with Gasteiger partial charge in [-0.05, 0) is 6.92 Å². The van der Waals surface area contributed by atoms with Crippen LogP contribution in [0.15, 0.2) is 71.4 Å². The zero-order valence-electron chi connectivity index (χ0n) is 16.5. The number of carboxylic acids is 1. The molecular formula is C22H27NO4. The fraction of sp³-hybridized carbons (Fsp3) is 0.227. The second-order valence-corrected chi connectivity index (χ2v) is 4.66. The molecular weight excluding hydrogens is 342 g/mol. The molecule has 3 aromatic rings. The summed E-state index contributed by atoms with van der Waals surface area (Å²) in [6, 6.07) is 18.2. The van der Waals surface area contributed by atoms with Crippen LogP contribution in [0.3, 0.4) is 0 Å². The van der Waals surface area contributed by atoms with Gasteiger partial charge in [-0.3, -0.25) is 4.79 Å². The van der Waals surface area contributed by atoms with Gasteiger partial charge in [0.25, 0.3) is 0 Å². The molecule has 1 aromatic heterocycles. The summed E-state index contributed by atoms with van der Waals surface area (Å²) in [5.41, 5.74) is 1.57. The monoisotopic (exact) mass is 369 g/mol. The number of hydrogen-bond acceptors (Lipinski definition) is 4. The van der Waals surface area contributed by atoms with Gasteiger partial charge in [-0.1, -0.05) is 93.5 Å². The predicted octanol–water partition coefficient (Wildman–Crippen LogP) is 5.98. The molecule has 0 aliphatic carbocycles. The summed E-state index contributed by atoms with van der Waals surface area (Å²) in [7, 11) is 0. The molecule has 1 heterocycles. The highest BCUT2D eigenvalue weighted by atomic mass is 16.5. The molecule has 144 valence electrons. The van der Waals surface area contributed by atoms with E-state index in [0.717, 1.165) is 5.56 Å². The van der Waals surface area contributed by atoms with E-state index in [-0.39, 0.29) is 17.1 Å². The van der Waals surface area contributed by atoms with Crippen molar-refractivity contribution in [3.8, 4) is 11.3 Å². The van der Waals surface area contributed by atoms with E-state index in [0.29, 0.717) is 5.56 Å². The summed E-state index contributed by atoms with van der Waals surface area (Å²) in [5, 5.41) is 12.3. The summed E-state index contributed by atoms with van der Waals surface area (Å²) in [5.74, 6) is -0.626. The molecule has 1 N–H and O–H groups in total. The topological polar surface area (TPSA) is 80.4 Å². The van der Waals surface area contributed by atoms with Crippen LogP contribution >= 0.6 is 0 Å². The van der Waals surface area contributed by atoms with Crippen molar-refractivity contribution in [2.45, 2.75) is 34.6 Å². The van der Waals surface area contributed by atoms with Gasteiger partial charge >= 0.3 is 5.97 Å². The van der Waals surface area contributed by atoms with E-state index in [9.17, 15) is 9.59 Å². The van der Waals surface area contributed by atoms with Crippen LogP contribution in [0.4, 0.5) is 0 Å². The van der Waals surface area contributed by atoms with Gasteiger partial charge in [-0.25, -0.2) is 4.79 Å². The van der Waals surface area contributed by atoms with Crippen molar-refractivity contribution in [3.05, 3.63) is 78.0 Å². The third-order valence-corrected chi connectivity index (χ3v) is 3.02. The van der Waals surface area contributed by atoms with Gasteiger partial charge in [0, 0.05) is 11.1 Å². The van der Waals surface area contributed by atoms with Crippen LogP contribution in [0.2, 0.25) is 0 Å². The van der Waals surface area contributed by atoms with Crippen LogP contribution in [0.25, 0.3) is 11.3 Å². The summed E-state index contributed by atoms with van der Waals surface area (Å²) in [6.45, 7) is 9.56. The maximum atomic E-state index is 10.8. The van der Waals surface area contributed by atoms with Gasteiger partial charge in [0.15, 0.2) is 11.5 Å². The fourth-order valence-corrected chi connectivity index (χ4v) is 1.86. The summed E-state index contributed by atoms with van der Waals surface area (Å²) >= 11 is 0. The molecule has 3 rings (SSSR count). The zero-order chi connectivity index (χ0) is 20.7. The average molecular weight is 369 g/mol. The number of Topliss-reactive ketones (excluding diaryl/α,β-unsaturated/α-hetero) is 1. The van der Waals surface area contributed by atoms with Crippen molar-refractivity contribution in [1.29, 1.82) is 0 Å². The Bertz CT molecular complexity index is 780. The third kappa shape index (κ3) is 8.14. The molecule has 27 heavy (non-hydrogen) atoms. The lowest BCUT2D eigenvalue weighted by Crippen LogP contribution is -1.95. The van der Waals surface area contributed by atoms with Gasteiger partial charge in [-0.2, -0.15) is 0 Å². The Morgan fingerprint density at radius 3 is 1.74 bits per heavy atom. The van der Waals surface area contributed by atoms with E-state index in [1.165, 1.54) is 6.20 Å². The molecule has 0 bridgehead atoms. The molecule has 0 amide bonds. The highest BCUT2D eigenvalue weighted by Gasteiger charge is 2.15. The first kappa shape index (κ1) is 23.8. The van der Waals surface area contributed by atoms with E-state index in [1.54, 1.807) is 19.1 Å². The highest BCUT2D eigenvalue weighted by molar-refractivity contribution is 5.94. The molecule has 2 aromatic carbocycles. The summed E-state index contributed by atoms with van der Waals surface area (Å²) in [6.07, 6.45) is 1.20. The lowest BCUT2D eigenvalue weighted by Gasteiger charge is -1.95. The van der Waals surface area contributed by atoms with Crippen molar-refractivity contribution in [3.63, 3.8) is 0 Å². The second-order valence-electron chi connectivity index (χ2n) is 4.66. The minimum Gasteiger partial charge on any atom is -0.477 e. The van der Waals surface area contributed by atoms with Crippen molar-refractivity contribution < 1.29 is 19.2 Å². The fourth-order valence-electron chi connectivity index (χ4n) is 1.86. The Labute approximate surface area is 160 Å². The van der Waals surface area contributed by atoms with Crippen LogP contribution in [-0.4, -0.2) is 22.0 Å². The van der Waals surface area contributed by atoms with Crippen molar-refractivity contribution in [2.24, 2.45) is 0 Å². The number of rotatable bonds is 3. The normalized spacial score (nSPS) is 8.63. The molecule has 0 saturated carbocycles. The lowest BCUT2D eigenvalue weighted by atomic mass is 10.1. The Balaban J connectivity index is 0.000000451. The van der Waals surface area contributed by atoms with Gasteiger partial charge < -0.3 is 9.63 Å². The number of aromatic nitrogens is 1. The standard InChI is InChI=1S/C10H7NO3.C8H8O.2C2H6/c12-10(13)8-6-11-14-9(8)7-4-2-1-3-5-7;1-7(9)8-5-3-2-4-6-8;2*1-2/h1-6H,(H,12,13);2-6H,1H3;2*1-2H3. The van der Waals surface area contributed by atoms with E-state index >= 15 is 0 Å². The van der Waals surface area contributed by atoms with E-state index in [4.69, 9.17) is 9.63 Å². The van der Waals surface area contributed by atoms with E-state index < -0.39 is 5.97 Å². The van der Waals surface area contributed by atoms with E-state index in [1.807, 2.05) is 76.2 Å². The summed E-state index contributed by atoms with van der Waals surface area (Å²) in [4.78, 5) is 21.4. The number of carboxylic acid groups (broad SMARTS) is 1. The SMILES string of the molecule is CC.CC.CC(=O)c1ccccc1.O=C(O)c1cnoc1-c1ccccc1. The third-order valence-electron chi connectivity index (χ3n) is 3.02. The van der Waals surface area contributed by atoms with Gasteiger partial charge in [-0.15, -0.1) is 0 Å². The maximum absolute atomic E-state index is 10.8. The minimum absolute atomic E-state index is 0.0798. The first-order chi connectivity index (χ1) is 13.1. The van der Waals surface area contributed by atoms with Crippen molar-refractivity contribution in [2.75, 3.05) is 0 Å². The lowest BCUT2D eigenvalue weighted by molar-refractivity contribution is 0.0697. The van der Waals surface area contributed by atoms with Crippen LogP contribution < -0.4 is 0 Å². The molecule has 0 saturated heterocycles. The molecule has 0 spiro atoms. The first-order valence-corrected chi connectivity index (χ1v) is 8.89. The molecule has 0 radical (unpaired) electrons. The zero-order valence-corrected chi connectivity index (χ0v) is 16.5. The van der Waals surface area contributed by atoms with Gasteiger partial charge in [0.2, 0.25) is 0 Å². The molecule has 5 heteroatoms. The Hall–Kier alpha value is -3.21. The smallest absolute Gasteiger partial charge is 0.341 e. The number of nitrogens with zero attached hydrogens (tertiary/aromatic N) is 1. The van der Waals surface area contributed by atoms with Crippen LogP contribution in [0.1, 0.15) is 55.3 Å². The number of carbonyl (C=O) groups is 2. The molecule has 0 atom stereocenters. The van der Waals surface area contributed by atoms with Gasteiger partial charge in [0.05, 0.1) is 6.20 Å². The van der Waals surface area contributed by atoms with E-state index in [2.05, 4.69) is 5.16 Å². The number of aromatic carboxylic acids is 1. The average Bonchev–Trinajstić information content (AvgIpc) is 3.23. The number of ketones is 1. The quantitative estimate of drug-likeness (QED) is 0.574. The predicted molar refractivity (Wildman–Crippen MR) is 108 cm³/mol. The largest absolute Gasteiger partial charge is 0.477 e. The van der Waals surface area contributed by atoms with Crippen molar-refractivity contribution >= 4 is 11.8 Å².